The summed E-state index contributed by atoms with van der Waals surface area (Å²) >= 11 is 1.24. The minimum absolute atomic E-state index is 0.123. The van der Waals surface area contributed by atoms with Gasteiger partial charge < -0.3 is 10.4 Å². The number of aliphatic carboxylic acids is 1. The van der Waals surface area contributed by atoms with E-state index in [1.54, 1.807) is 6.26 Å². The smallest absolute Gasteiger partial charge is 0.383 e. The van der Waals surface area contributed by atoms with Crippen molar-refractivity contribution in [1.82, 2.24) is 5.32 Å². The molecule has 0 aromatic rings. The summed E-state index contributed by atoms with van der Waals surface area (Å²) < 4.78 is 48.7. The molecule has 17 heavy (non-hydrogen) atoms. The second-order valence-electron chi connectivity index (χ2n) is 3.07. The fourth-order valence-electron chi connectivity index (χ4n) is 0.847. The van der Waals surface area contributed by atoms with E-state index in [4.69, 9.17) is 5.11 Å². The summed E-state index contributed by atoms with van der Waals surface area (Å²) in [6, 6.07) is -1.60. The second kappa shape index (κ2) is 6.67. The fourth-order valence-corrected chi connectivity index (χ4v) is 1.32. The molecule has 0 radical (unpaired) electrons. The number of nitrogens with one attached hydrogen (secondary N) is 1. The molecular formula is C8H11F4NO3S. The molecule has 1 amide bonds. The molecule has 0 aliphatic heterocycles. The molecule has 0 aromatic heterocycles. The predicted octanol–water partition coefficient (Wildman–Crippen LogP) is 1.21. The van der Waals surface area contributed by atoms with Crippen molar-refractivity contribution in [3.05, 3.63) is 0 Å². The van der Waals surface area contributed by atoms with Gasteiger partial charge in [-0.05, 0) is 18.4 Å². The van der Waals surface area contributed by atoms with Gasteiger partial charge in [-0.2, -0.15) is 20.5 Å². The number of carboxylic acid groups (broad SMARTS) is 1. The Morgan fingerprint density at radius 1 is 1.41 bits per heavy atom. The maximum absolute atomic E-state index is 12.5. The van der Waals surface area contributed by atoms with Crippen molar-refractivity contribution in [1.29, 1.82) is 0 Å². The molecule has 1 atom stereocenters. The maximum Gasteiger partial charge on any atom is 0.383 e. The van der Waals surface area contributed by atoms with Gasteiger partial charge >= 0.3 is 18.3 Å². The number of hydrogen-bond donors (Lipinski definition) is 2. The van der Waals surface area contributed by atoms with E-state index in [-0.39, 0.29) is 12.2 Å². The minimum Gasteiger partial charge on any atom is -0.480 e. The van der Waals surface area contributed by atoms with E-state index >= 15 is 0 Å². The minimum atomic E-state index is -4.88. The molecule has 0 aliphatic carbocycles. The number of carboxylic acids is 1. The number of carbonyl (C=O) groups excluding carboxylic acids is 1. The largest absolute Gasteiger partial charge is 0.480 e. The summed E-state index contributed by atoms with van der Waals surface area (Å²) in [6.45, 7) is 0. The third-order valence-electron chi connectivity index (χ3n) is 1.79. The van der Waals surface area contributed by atoms with Gasteiger partial charge in [0.15, 0.2) is 0 Å². The Hall–Kier alpha value is -0.990. The van der Waals surface area contributed by atoms with E-state index in [0.29, 0.717) is 0 Å². The molecule has 0 rings (SSSR count). The lowest BCUT2D eigenvalue weighted by molar-refractivity contribution is -0.171. The van der Waals surface area contributed by atoms with Gasteiger partial charge in [0.1, 0.15) is 6.04 Å². The molecule has 0 saturated carbocycles. The van der Waals surface area contributed by atoms with Crippen LogP contribution in [0.4, 0.5) is 17.6 Å². The first kappa shape index (κ1) is 16.0. The Labute approximate surface area is 98.7 Å². The molecular weight excluding hydrogens is 266 g/mol. The first-order chi connectivity index (χ1) is 7.73. The Morgan fingerprint density at radius 2 is 1.94 bits per heavy atom. The average molecular weight is 277 g/mol. The molecule has 0 fully saturated rings. The van der Waals surface area contributed by atoms with Crippen LogP contribution in [-0.2, 0) is 9.59 Å². The van der Waals surface area contributed by atoms with Gasteiger partial charge in [-0.1, -0.05) is 0 Å². The van der Waals surface area contributed by atoms with Crippen molar-refractivity contribution in [2.24, 2.45) is 0 Å². The Balaban J connectivity index is 4.55. The maximum atomic E-state index is 12.5. The third-order valence-corrected chi connectivity index (χ3v) is 2.43. The van der Waals surface area contributed by atoms with Crippen LogP contribution in [0.15, 0.2) is 0 Å². The van der Waals surface area contributed by atoms with Gasteiger partial charge in [0.2, 0.25) is 0 Å². The lowest BCUT2D eigenvalue weighted by Crippen LogP contribution is -2.51. The van der Waals surface area contributed by atoms with Crippen molar-refractivity contribution < 1.29 is 32.3 Å². The third kappa shape index (κ3) is 4.80. The molecule has 9 heteroatoms. The molecule has 4 nitrogen and oxygen atoms in total. The van der Waals surface area contributed by atoms with Crippen LogP contribution in [-0.4, -0.2) is 47.4 Å². The lowest BCUT2D eigenvalue weighted by atomic mass is 10.2. The van der Waals surface area contributed by atoms with Crippen molar-refractivity contribution in [2.45, 2.75) is 24.8 Å². The van der Waals surface area contributed by atoms with Crippen molar-refractivity contribution >= 4 is 23.6 Å². The fraction of sp³-hybridized carbons (Fsp3) is 0.750. The quantitative estimate of drug-likeness (QED) is 0.686. The van der Waals surface area contributed by atoms with E-state index in [9.17, 15) is 27.2 Å². The van der Waals surface area contributed by atoms with Crippen molar-refractivity contribution in [3.63, 3.8) is 0 Å². The van der Waals surface area contributed by atoms with E-state index in [1.165, 1.54) is 17.1 Å². The second-order valence-corrected chi connectivity index (χ2v) is 4.06. The summed E-state index contributed by atoms with van der Waals surface area (Å²) in [5.74, 6) is -8.41. The Kier molecular flexibility index (Phi) is 6.29. The first-order valence-corrected chi connectivity index (χ1v) is 5.81. The summed E-state index contributed by atoms with van der Waals surface area (Å²) in [4.78, 5) is 21.4. The molecule has 100 valence electrons. The van der Waals surface area contributed by atoms with E-state index in [0.717, 1.165) is 0 Å². The van der Waals surface area contributed by atoms with Crippen LogP contribution < -0.4 is 5.32 Å². The van der Waals surface area contributed by atoms with E-state index in [1.807, 2.05) is 0 Å². The van der Waals surface area contributed by atoms with Gasteiger partial charge in [-0.3, -0.25) is 4.79 Å². The van der Waals surface area contributed by atoms with Crippen LogP contribution in [0.3, 0.4) is 0 Å². The number of rotatable bonds is 7. The number of hydrogen-bond acceptors (Lipinski definition) is 3. The van der Waals surface area contributed by atoms with Gasteiger partial charge in [0, 0.05) is 0 Å². The number of halogens is 4. The van der Waals surface area contributed by atoms with E-state index in [2.05, 4.69) is 0 Å². The highest BCUT2D eigenvalue weighted by Crippen LogP contribution is 2.23. The van der Waals surface area contributed by atoms with Crippen LogP contribution in [0.2, 0.25) is 0 Å². The average Bonchev–Trinajstić information content (AvgIpc) is 2.22. The molecule has 2 N–H and O–H groups in total. The summed E-state index contributed by atoms with van der Waals surface area (Å²) in [6.07, 6.45) is -2.65. The number of alkyl halides is 4. The molecule has 0 unspecified atom stereocenters. The molecule has 0 saturated heterocycles. The van der Waals surface area contributed by atoms with Crippen LogP contribution in [0.5, 0.6) is 0 Å². The highest BCUT2D eigenvalue weighted by Gasteiger charge is 2.49. The summed E-state index contributed by atoms with van der Waals surface area (Å²) in [7, 11) is 0. The van der Waals surface area contributed by atoms with Crippen molar-refractivity contribution in [2.75, 3.05) is 12.0 Å². The number of carbonyl (C=O) groups is 2. The topological polar surface area (TPSA) is 66.4 Å². The van der Waals surface area contributed by atoms with Gasteiger partial charge in [-0.25, -0.2) is 13.6 Å². The monoisotopic (exact) mass is 277 g/mol. The highest BCUT2D eigenvalue weighted by molar-refractivity contribution is 7.98. The number of thioether (sulfide) groups is 1. The Bertz CT molecular complexity index is 288. The lowest BCUT2D eigenvalue weighted by Gasteiger charge is -2.18. The molecule has 0 heterocycles. The zero-order valence-corrected chi connectivity index (χ0v) is 9.57. The summed E-state index contributed by atoms with van der Waals surface area (Å²) in [5.41, 5.74) is 0. The standard InChI is InChI=1S/C8H11F4NO3S/c1-17-3-2-4(5(14)15)13-7(16)8(11,12)6(9)10/h4,6H,2-3H2,1H3,(H,13,16)(H,14,15)/t4-/m1/s1. The first-order valence-electron chi connectivity index (χ1n) is 4.42. The predicted molar refractivity (Wildman–Crippen MR) is 53.5 cm³/mol. The van der Waals surface area contributed by atoms with Crippen LogP contribution in [0.1, 0.15) is 6.42 Å². The van der Waals surface area contributed by atoms with Crippen LogP contribution >= 0.6 is 11.8 Å². The molecule has 0 spiro atoms. The molecule has 0 aliphatic rings. The van der Waals surface area contributed by atoms with Crippen molar-refractivity contribution in [3.8, 4) is 0 Å². The van der Waals surface area contributed by atoms with Gasteiger partial charge in [0.05, 0.1) is 0 Å². The molecule has 0 bridgehead atoms. The SMILES string of the molecule is CSCC[C@@H](NC(=O)C(F)(F)C(F)F)C(=O)O. The van der Waals surface area contributed by atoms with E-state index < -0.39 is 30.3 Å². The van der Waals surface area contributed by atoms with Gasteiger partial charge in [0.25, 0.3) is 5.91 Å². The highest BCUT2D eigenvalue weighted by atomic mass is 32.2. The zero-order valence-electron chi connectivity index (χ0n) is 8.75. The Morgan fingerprint density at radius 3 is 2.29 bits per heavy atom. The molecule has 0 aromatic carbocycles. The number of amides is 1. The summed E-state index contributed by atoms with van der Waals surface area (Å²) in [5, 5.41) is 9.99. The van der Waals surface area contributed by atoms with Crippen LogP contribution in [0.25, 0.3) is 0 Å². The van der Waals surface area contributed by atoms with Crippen LogP contribution in [0, 0.1) is 0 Å². The zero-order chi connectivity index (χ0) is 13.6. The van der Waals surface area contributed by atoms with Gasteiger partial charge in [-0.15, -0.1) is 0 Å². The normalized spacial score (nSPS) is 13.5.